The Morgan fingerprint density at radius 1 is 1.25 bits per heavy atom. The number of thiophene rings is 1. The molecule has 0 bridgehead atoms. The van der Waals surface area contributed by atoms with Gasteiger partial charge in [-0.2, -0.15) is 0 Å². The summed E-state index contributed by atoms with van der Waals surface area (Å²) in [7, 11) is 0. The minimum atomic E-state index is 0.200. The number of carbonyl (C=O) groups excluding carboxylic acids is 1. The van der Waals surface area contributed by atoms with Crippen molar-refractivity contribution in [1.29, 1.82) is 0 Å². The Hall–Kier alpha value is -0.830. The largest absolute Gasteiger partial charge is 0.339 e. The van der Waals surface area contributed by atoms with Gasteiger partial charge in [-0.15, -0.1) is 11.3 Å². The van der Waals surface area contributed by atoms with Crippen molar-refractivity contribution in [2.75, 3.05) is 13.1 Å². The van der Waals surface area contributed by atoms with Crippen LogP contribution in [0.3, 0.4) is 0 Å². The van der Waals surface area contributed by atoms with Crippen molar-refractivity contribution in [3.05, 3.63) is 21.4 Å². The van der Waals surface area contributed by atoms with E-state index >= 15 is 0 Å². The number of nitrogens with zero attached hydrogens (tertiary/aromatic N) is 1. The van der Waals surface area contributed by atoms with Gasteiger partial charge in [0.1, 0.15) is 0 Å². The maximum absolute atomic E-state index is 12.3. The van der Waals surface area contributed by atoms with Crippen LogP contribution >= 0.6 is 11.3 Å². The van der Waals surface area contributed by atoms with E-state index in [1.807, 2.05) is 17.2 Å². The first-order chi connectivity index (χ1) is 7.61. The molecule has 1 rings (SSSR count). The van der Waals surface area contributed by atoms with E-state index in [0.29, 0.717) is 0 Å². The molecule has 0 radical (unpaired) electrons. The fourth-order valence-electron chi connectivity index (χ4n) is 1.75. The van der Waals surface area contributed by atoms with E-state index in [2.05, 4.69) is 20.8 Å². The van der Waals surface area contributed by atoms with Gasteiger partial charge in [0.2, 0.25) is 0 Å². The summed E-state index contributed by atoms with van der Waals surface area (Å²) in [6.07, 6.45) is 2.04. The van der Waals surface area contributed by atoms with Crippen molar-refractivity contribution >= 4 is 17.2 Å². The van der Waals surface area contributed by atoms with Crippen LogP contribution in [0.4, 0.5) is 0 Å². The normalized spacial score (nSPS) is 10.5. The van der Waals surface area contributed by atoms with Gasteiger partial charge < -0.3 is 4.90 Å². The van der Waals surface area contributed by atoms with Crippen molar-refractivity contribution in [3.63, 3.8) is 0 Å². The first-order valence-electron chi connectivity index (χ1n) is 5.95. The molecule has 0 saturated heterocycles. The molecule has 0 saturated carbocycles. The average Bonchev–Trinajstić information content (AvgIpc) is 2.59. The Balaban J connectivity index is 2.85. The summed E-state index contributed by atoms with van der Waals surface area (Å²) in [6.45, 7) is 10.1. The van der Waals surface area contributed by atoms with E-state index in [1.54, 1.807) is 11.3 Å². The number of hydrogen-bond acceptors (Lipinski definition) is 2. The summed E-state index contributed by atoms with van der Waals surface area (Å²) in [5, 5.41) is 1.99. The first-order valence-corrected chi connectivity index (χ1v) is 6.83. The van der Waals surface area contributed by atoms with Crippen LogP contribution in [0.1, 0.15) is 47.5 Å². The van der Waals surface area contributed by atoms with E-state index in [-0.39, 0.29) is 5.91 Å². The molecule has 0 N–H and O–H groups in total. The molecule has 2 nitrogen and oxygen atoms in total. The number of aryl methyl sites for hydroxylation is 1. The zero-order valence-electron chi connectivity index (χ0n) is 10.7. The van der Waals surface area contributed by atoms with Gasteiger partial charge in [0.15, 0.2) is 0 Å². The Labute approximate surface area is 102 Å². The second-order valence-electron chi connectivity index (χ2n) is 4.12. The Kier molecular flexibility index (Phi) is 5.00. The average molecular weight is 239 g/mol. The lowest BCUT2D eigenvalue weighted by atomic mass is 10.1. The molecule has 16 heavy (non-hydrogen) atoms. The fraction of sp³-hybridized carbons (Fsp3) is 0.615. The van der Waals surface area contributed by atoms with Crippen LogP contribution in [0.25, 0.3) is 0 Å². The minimum Gasteiger partial charge on any atom is -0.339 e. The SMILES string of the molecule is CCCN(CCC)C(=O)c1csc(C)c1C. The molecule has 0 aliphatic carbocycles. The van der Waals surface area contributed by atoms with Gasteiger partial charge in [0.25, 0.3) is 5.91 Å². The Bertz CT molecular complexity index is 351. The second-order valence-corrected chi connectivity index (χ2v) is 5.21. The molecule has 0 aliphatic heterocycles. The van der Waals surface area contributed by atoms with Crippen molar-refractivity contribution in [2.24, 2.45) is 0 Å². The predicted molar refractivity (Wildman–Crippen MR) is 70.3 cm³/mol. The van der Waals surface area contributed by atoms with Crippen LogP contribution in [0.5, 0.6) is 0 Å². The zero-order chi connectivity index (χ0) is 12.1. The quantitative estimate of drug-likeness (QED) is 0.768. The summed E-state index contributed by atoms with van der Waals surface area (Å²) >= 11 is 1.67. The van der Waals surface area contributed by atoms with Gasteiger partial charge in [0, 0.05) is 23.3 Å². The highest BCUT2D eigenvalue weighted by atomic mass is 32.1. The van der Waals surface area contributed by atoms with Gasteiger partial charge in [-0.3, -0.25) is 4.79 Å². The van der Waals surface area contributed by atoms with E-state index in [9.17, 15) is 4.79 Å². The zero-order valence-corrected chi connectivity index (χ0v) is 11.5. The van der Waals surface area contributed by atoms with Crippen LogP contribution in [-0.4, -0.2) is 23.9 Å². The van der Waals surface area contributed by atoms with E-state index in [0.717, 1.165) is 37.1 Å². The Morgan fingerprint density at radius 3 is 2.19 bits per heavy atom. The van der Waals surface area contributed by atoms with Gasteiger partial charge in [-0.05, 0) is 32.3 Å². The van der Waals surface area contributed by atoms with Crippen LogP contribution in [0.15, 0.2) is 5.38 Å². The summed E-state index contributed by atoms with van der Waals surface area (Å²) in [5.41, 5.74) is 2.04. The third kappa shape index (κ3) is 2.85. The molecular weight excluding hydrogens is 218 g/mol. The van der Waals surface area contributed by atoms with Crippen LogP contribution in [-0.2, 0) is 0 Å². The summed E-state index contributed by atoms with van der Waals surface area (Å²) < 4.78 is 0. The molecule has 0 aliphatic rings. The minimum absolute atomic E-state index is 0.200. The molecule has 1 amide bonds. The second kappa shape index (κ2) is 6.04. The molecule has 0 aromatic carbocycles. The van der Waals surface area contributed by atoms with Crippen molar-refractivity contribution in [3.8, 4) is 0 Å². The van der Waals surface area contributed by atoms with Crippen molar-refractivity contribution in [2.45, 2.75) is 40.5 Å². The molecule has 1 heterocycles. The molecule has 1 aromatic rings. The lowest BCUT2D eigenvalue weighted by Crippen LogP contribution is -2.32. The van der Waals surface area contributed by atoms with Crippen molar-refractivity contribution < 1.29 is 4.79 Å². The third-order valence-electron chi connectivity index (χ3n) is 2.79. The molecule has 0 atom stereocenters. The Morgan fingerprint density at radius 2 is 1.81 bits per heavy atom. The van der Waals surface area contributed by atoms with Crippen LogP contribution in [0, 0.1) is 13.8 Å². The molecule has 0 unspecified atom stereocenters. The maximum Gasteiger partial charge on any atom is 0.254 e. The fourth-order valence-corrected chi connectivity index (χ4v) is 2.61. The van der Waals surface area contributed by atoms with E-state index in [4.69, 9.17) is 0 Å². The highest BCUT2D eigenvalue weighted by Gasteiger charge is 2.18. The van der Waals surface area contributed by atoms with Crippen LogP contribution in [0.2, 0.25) is 0 Å². The summed E-state index contributed by atoms with van der Waals surface area (Å²) in [4.78, 5) is 15.5. The lowest BCUT2D eigenvalue weighted by Gasteiger charge is -2.21. The summed E-state index contributed by atoms with van der Waals surface area (Å²) in [5.74, 6) is 0.200. The highest BCUT2D eigenvalue weighted by molar-refractivity contribution is 7.10. The van der Waals surface area contributed by atoms with Gasteiger partial charge in [-0.25, -0.2) is 0 Å². The molecular formula is C13H21NOS. The van der Waals surface area contributed by atoms with Crippen molar-refractivity contribution in [1.82, 2.24) is 4.90 Å². The lowest BCUT2D eigenvalue weighted by molar-refractivity contribution is 0.0755. The number of rotatable bonds is 5. The standard InChI is InChI=1S/C13H21NOS/c1-5-7-14(8-6-2)13(15)12-9-16-11(4)10(12)3/h9H,5-8H2,1-4H3. The number of hydrogen-bond donors (Lipinski definition) is 0. The van der Waals surface area contributed by atoms with Gasteiger partial charge in [-0.1, -0.05) is 13.8 Å². The molecule has 3 heteroatoms. The molecule has 90 valence electrons. The van der Waals surface area contributed by atoms with E-state index in [1.165, 1.54) is 4.88 Å². The molecule has 1 aromatic heterocycles. The van der Waals surface area contributed by atoms with E-state index < -0.39 is 0 Å². The maximum atomic E-state index is 12.3. The first kappa shape index (κ1) is 13.2. The highest BCUT2D eigenvalue weighted by Crippen LogP contribution is 2.22. The van der Waals surface area contributed by atoms with Crippen LogP contribution < -0.4 is 0 Å². The number of carbonyl (C=O) groups is 1. The smallest absolute Gasteiger partial charge is 0.254 e. The number of amides is 1. The topological polar surface area (TPSA) is 20.3 Å². The van der Waals surface area contributed by atoms with Gasteiger partial charge in [0.05, 0.1) is 5.56 Å². The third-order valence-corrected chi connectivity index (χ3v) is 3.80. The predicted octanol–water partition coefficient (Wildman–Crippen LogP) is 3.63. The summed E-state index contributed by atoms with van der Waals surface area (Å²) in [6, 6.07) is 0. The molecule has 0 fully saturated rings. The molecule has 0 spiro atoms. The monoisotopic (exact) mass is 239 g/mol. The van der Waals surface area contributed by atoms with Gasteiger partial charge >= 0.3 is 0 Å².